The molecule has 1 atom stereocenters. The number of carbonyl (C=O) groups is 1. The number of ether oxygens (including phenoxy) is 1. The standard InChI is InChI=1S/C15H12O5/c16-10-6-7-12-11(8-10)13(17)15(18,19)14(20-12)9-4-2-1-3-5-9/h1-8,14,16,18-19H. The predicted octanol–water partition coefficient (Wildman–Crippen LogP) is 1.39. The molecule has 1 heterocycles. The number of rotatable bonds is 1. The number of hydrogen-bond donors (Lipinski definition) is 3. The van der Waals surface area contributed by atoms with E-state index in [1.54, 1.807) is 30.3 Å². The number of benzene rings is 2. The molecule has 5 nitrogen and oxygen atoms in total. The molecule has 0 aliphatic carbocycles. The number of phenols is 1. The van der Waals surface area contributed by atoms with E-state index < -0.39 is 17.7 Å². The zero-order valence-corrected chi connectivity index (χ0v) is 10.4. The first-order valence-corrected chi connectivity index (χ1v) is 6.04. The normalized spacial score (nSPS) is 20.1. The van der Waals surface area contributed by atoms with Crippen molar-refractivity contribution in [3.63, 3.8) is 0 Å². The Kier molecular flexibility index (Phi) is 2.74. The number of fused-ring (bicyclic) bond motifs is 1. The minimum absolute atomic E-state index is 0.0535. The Bertz CT molecular complexity index is 663. The van der Waals surface area contributed by atoms with Crippen molar-refractivity contribution >= 4 is 5.78 Å². The molecule has 20 heavy (non-hydrogen) atoms. The summed E-state index contributed by atoms with van der Waals surface area (Å²) in [6.07, 6.45) is -1.21. The minimum Gasteiger partial charge on any atom is -0.508 e. The molecule has 0 spiro atoms. The number of carbonyl (C=O) groups excluding carboxylic acids is 1. The summed E-state index contributed by atoms with van der Waals surface area (Å²) in [6, 6.07) is 12.4. The topological polar surface area (TPSA) is 87.0 Å². The number of phenolic OH excluding ortho intramolecular Hbond substituents is 1. The Labute approximate surface area is 114 Å². The van der Waals surface area contributed by atoms with Crippen LogP contribution < -0.4 is 4.74 Å². The lowest BCUT2D eigenvalue weighted by molar-refractivity contribution is -0.186. The van der Waals surface area contributed by atoms with Gasteiger partial charge in [-0.05, 0) is 23.8 Å². The van der Waals surface area contributed by atoms with Gasteiger partial charge in [0.25, 0.3) is 5.79 Å². The fourth-order valence-electron chi connectivity index (χ4n) is 2.25. The Morgan fingerprint density at radius 3 is 2.45 bits per heavy atom. The molecule has 3 rings (SSSR count). The molecule has 0 radical (unpaired) electrons. The lowest BCUT2D eigenvalue weighted by Gasteiger charge is -2.35. The number of hydrogen-bond acceptors (Lipinski definition) is 5. The third-order valence-electron chi connectivity index (χ3n) is 3.25. The van der Waals surface area contributed by atoms with E-state index >= 15 is 0 Å². The first-order valence-electron chi connectivity index (χ1n) is 6.04. The molecular formula is C15H12O5. The van der Waals surface area contributed by atoms with Crippen molar-refractivity contribution in [2.75, 3.05) is 0 Å². The minimum atomic E-state index is -2.68. The van der Waals surface area contributed by atoms with E-state index in [0.717, 1.165) is 6.07 Å². The summed E-state index contributed by atoms with van der Waals surface area (Å²) in [5.74, 6) is -3.51. The van der Waals surface area contributed by atoms with Gasteiger partial charge in [0.15, 0.2) is 6.10 Å². The van der Waals surface area contributed by atoms with Gasteiger partial charge in [0.05, 0.1) is 5.56 Å². The summed E-state index contributed by atoms with van der Waals surface area (Å²) in [5, 5.41) is 29.6. The Morgan fingerprint density at radius 1 is 1.05 bits per heavy atom. The van der Waals surface area contributed by atoms with Gasteiger partial charge in [-0.1, -0.05) is 30.3 Å². The van der Waals surface area contributed by atoms with Gasteiger partial charge in [0.1, 0.15) is 11.5 Å². The summed E-state index contributed by atoms with van der Waals surface area (Å²) in [6.45, 7) is 0. The van der Waals surface area contributed by atoms with E-state index in [9.17, 15) is 20.1 Å². The van der Waals surface area contributed by atoms with Crippen LogP contribution in [0.2, 0.25) is 0 Å². The molecule has 3 N–H and O–H groups in total. The smallest absolute Gasteiger partial charge is 0.271 e. The van der Waals surface area contributed by atoms with Crippen LogP contribution in [0.1, 0.15) is 22.0 Å². The number of aliphatic hydroxyl groups is 2. The highest BCUT2D eigenvalue weighted by atomic mass is 16.6. The summed E-state index contributed by atoms with van der Waals surface area (Å²) < 4.78 is 5.53. The van der Waals surface area contributed by atoms with Gasteiger partial charge in [-0.15, -0.1) is 0 Å². The van der Waals surface area contributed by atoms with E-state index in [0.29, 0.717) is 5.56 Å². The molecule has 0 saturated carbocycles. The fourth-order valence-corrected chi connectivity index (χ4v) is 2.25. The summed E-state index contributed by atoms with van der Waals surface area (Å²) in [5.41, 5.74) is 0.423. The van der Waals surface area contributed by atoms with Crippen LogP contribution in [0.3, 0.4) is 0 Å². The van der Waals surface area contributed by atoms with Crippen molar-refractivity contribution in [3.8, 4) is 11.5 Å². The lowest BCUT2D eigenvalue weighted by Crippen LogP contribution is -2.49. The molecule has 2 aromatic carbocycles. The maximum Gasteiger partial charge on any atom is 0.271 e. The number of Topliss-reactive ketones (excluding diaryl/α,β-unsaturated/α-hetero) is 1. The second-order valence-corrected chi connectivity index (χ2v) is 4.64. The summed E-state index contributed by atoms with van der Waals surface area (Å²) in [4.78, 5) is 12.2. The van der Waals surface area contributed by atoms with Gasteiger partial charge in [0.2, 0.25) is 5.78 Å². The van der Waals surface area contributed by atoms with Gasteiger partial charge in [-0.3, -0.25) is 4.79 Å². The highest BCUT2D eigenvalue weighted by molar-refractivity contribution is 6.05. The number of aromatic hydroxyl groups is 1. The van der Waals surface area contributed by atoms with Crippen LogP contribution in [-0.2, 0) is 0 Å². The van der Waals surface area contributed by atoms with Crippen LogP contribution in [0.25, 0.3) is 0 Å². The Hall–Kier alpha value is -2.37. The van der Waals surface area contributed by atoms with E-state index in [-0.39, 0.29) is 17.1 Å². The Morgan fingerprint density at radius 2 is 1.75 bits per heavy atom. The monoisotopic (exact) mass is 272 g/mol. The van der Waals surface area contributed by atoms with Gasteiger partial charge in [-0.2, -0.15) is 0 Å². The molecule has 0 bridgehead atoms. The van der Waals surface area contributed by atoms with Crippen molar-refractivity contribution in [2.45, 2.75) is 11.9 Å². The molecule has 1 unspecified atom stereocenters. The highest BCUT2D eigenvalue weighted by Crippen LogP contribution is 2.40. The molecule has 0 aromatic heterocycles. The second kappa shape index (κ2) is 4.33. The van der Waals surface area contributed by atoms with Crippen LogP contribution in [0, 0.1) is 0 Å². The predicted molar refractivity (Wildman–Crippen MR) is 69.4 cm³/mol. The van der Waals surface area contributed by atoms with Crippen molar-refractivity contribution in [3.05, 3.63) is 59.7 Å². The molecule has 1 aliphatic rings. The fraction of sp³-hybridized carbons (Fsp3) is 0.133. The largest absolute Gasteiger partial charge is 0.508 e. The van der Waals surface area contributed by atoms with Crippen LogP contribution in [-0.4, -0.2) is 26.9 Å². The zero-order chi connectivity index (χ0) is 14.3. The Balaban J connectivity index is 2.12. The van der Waals surface area contributed by atoms with Gasteiger partial charge < -0.3 is 20.1 Å². The molecule has 0 saturated heterocycles. The lowest BCUT2D eigenvalue weighted by atomic mass is 9.90. The quantitative estimate of drug-likeness (QED) is 0.683. The third-order valence-corrected chi connectivity index (χ3v) is 3.25. The van der Waals surface area contributed by atoms with E-state index in [1.165, 1.54) is 12.1 Å². The highest BCUT2D eigenvalue weighted by Gasteiger charge is 2.50. The van der Waals surface area contributed by atoms with Crippen molar-refractivity contribution in [1.29, 1.82) is 0 Å². The SMILES string of the molecule is O=C1c2cc(O)ccc2OC(c2ccccc2)C1(O)O. The van der Waals surface area contributed by atoms with Gasteiger partial charge in [0, 0.05) is 0 Å². The zero-order valence-electron chi connectivity index (χ0n) is 10.4. The average molecular weight is 272 g/mol. The number of ketones is 1. The van der Waals surface area contributed by atoms with Crippen LogP contribution in [0.5, 0.6) is 11.5 Å². The van der Waals surface area contributed by atoms with Crippen LogP contribution >= 0.6 is 0 Å². The van der Waals surface area contributed by atoms with Gasteiger partial charge >= 0.3 is 0 Å². The molecule has 0 fully saturated rings. The first-order chi connectivity index (χ1) is 9.50. The van der Waals surface area contributed by atoms with Crippen molar-refractivity contribution in [2.24, 2.45) is 0 Å². The van der Waals surface area contributed by atoms with Crippen molar-refractivity contribution < 1.29 is 24.9 Å². The molecule has 102 valence electrons. The average Bonchev–Trinajstić information content (AvgIpc) is 2.44. The van der Waals surface area contributed by atoms with E-state index in [1.807, 2.05) is 0 Å². The molecular weight excluding hydrogens is 260 g/mol. The summed E-state index contributed by atoms with van der Waals surface area (Å²) in [7, 11) is 0. The molecule has 2 aromatic rings. The molecule has 0 amide bonds. The maximum absolute atomic E-state index is 12.2. The van der Waals surface area contributed by atoms with Crippen LogP contribution in [0.4, 0.5) is 0 Å². The molecule has 5 heteroatoms. The van der Waals surface area contributed by atoms with E-state index in [2.05, 4.69) is 0 Å². The van der Waals surface area contributed by atoms with Crippen molar-refractivity contribution in [1.82, 2.24) is 0 Å². The molecule has 1 aliphatic heterocycles. The summed E-state index contributed by atoms with van der Waals surface area (Å²) >= 11 is 0. The van der Waals surface area contributed by atoms with Gasteiger partial charge in [-0.25, -0.2) is 0 Å². The second-order valence-electron chi connectivity index (χ2n) is 4.64. The van der Waals surface area contributed by atoms with E-state index in [4.69, 9.17) is 4.74 Å². The maximum atomic E-state index is 12.2. The first kappa shape index (κ1) is 12.7. The van der Waals surface area contributed by atoms with Crippen LogP contribution in [0.15, 0.2) is 48.5 Å². The third kappa shape index (κ3) is 1.84.